The lowest BCUT2D eigenvalue weighted by Gasteiger charge is -2.11. The van der Waals surface area contributed by atoms with Crippen LogP contribution in [0.1, 0.15) is 11.1 Å². The molecular formula is C17H16BrN5. The van der Waals surface area contributed by atoms with Crippen LogP contribution in [0.25, 0.3) is 0 Å². The summed E-state index contributed by atoms with van der Waals surface area (Å²) >= 11 is 3.47. The minimum Gasteiger partial charge on any atom is -0.366 e. The van der Waals surface area contributed by atoms with Crippen LogP contribution in [0.2, 0.25) is 0 Å². The monoisotopic (exact) mass is 369 g/mol. The van der Waals surface area contributed by atoms with E-state index in [2.05, 4.69) is 54.5 Å². The van der Waals surface area contributed by atoms with E-state index in [0.29, 0.717) is 6.54 Å². The average Bonchev–Trinajstić information content (AvgIpc) is 2.57. The normalized spacial score (nSPS) is 10.3. The van der Waals surface area contributed by atoms with Crippen LogP contribution in [0, 0.1) is 6.92 Å². The zero-order valence-corrected chi connectivity index (χ0v) is 14.2. The Kier molecular flexibility index (Phi) is 4.83. The van der Waals surface area contributed by atoms with Crippen molar-refractivity contribution in [1.29, 1.82) is 0 Å². The summed E-state index contributed by atoms with van der Waals surface area (Å²) in [6.07, 6.45) is 5.10. The highest BCUT2D eigenvalue weighted by Gasteiger charge is 2.03. The smallest absolute Gasteiger partial charge is 0.135 e. The summed E-state index contributed by atoms with van der Waals surface area (Å²) in [4.78, 5) is 12.5. The lowest BCUT2D eigenvalue weighted by Crippen LogP contribution is -2.03. The van der Waals surface area contributed by atoms with Gasteiger partial charge in [0.1, 0.15) is 18.0 Å². The number of hydrogen-bond donors (Lipinski definition) is 2. The largest absolute Gasteiger partial charge is 0.366 e. The van der Waals surface area contributed by atoms with Crippen molar-refractivity contribution in [2.45, 2.75) is 13.5 Å². The summed E-state index contributed by atoms with van der Waals surface area (Å²) in [7, 11) is 0. The van der Waals surface area contributed by atoms with E-state index in [-0.39, 0.29) is 0 Å². The Morgan fingerprint density at radius 1 is 1.00 bits per heavy atom. The van der Waals surface area contributed by atoms with Crippen molar-refractivity contribution in [3.8, 4) is 0 Å². The second-order valence-corrected chi connectivity index (χ2v) is 6.00. The fraction of sp³-hybridized carbons (Fsp3) is 0.118. The van der Waals surface area contributed by atoms with Crippen LogP contribution in [-0.4, -0.2) is 15.0 Å². The number of aromatic nitrogens is 3. The van der Waals surface area contributed by atoms with Gasteiger partial charge in [0.05, 0.1) is 0 Å². The molecule has 0 unspecified atom stereocenters. The maximum atomic E-state index is 4.27. The van der Waals surface area contributed by atoms with Gasteiger partial charge in [-0.25, -0.2) is 9.97 Å². The van der Waals surface area contributed by atoms with Crippen LogP contribution >= 0.6 is 15.9 Å². The maximum Gasteiger partial charge on any atom is 0.135 e. The molecule has 0 aliphatic carbocycles. The molecule has 23 heavy (non-hydrogen) atoms. The van der Waals surface area contributed by atoms with Crippen LogP contribution in [-0.2, 0) is 6.54 Å². The molecule has 0 fully saturated rings. The number of pyridine rings is 1. The quantitative estimate of drug-likeness (QED) is 0.701. The molecule has 2 aromatic heterocycles. The van der Waals surface area contributed by atoms with E-state index in [4.69, 9.17) is 0 Å². The molecule has 2 heterocycles. The van der Waals surface area contributed by atoms with Gasteiger partial charge in [0.2, 0.25) is 0 Å². The highest BCUT2D eigenvalue weighted by Crippen LogP contribution is 2.23. The van der Waals surface area contributed by atoms with Crippen LogP contribution in [0.4, 0.5) is 17.3 Å². The second kappa shape index (κ2) is 7.19. The van der Waals surface area contributed by atoms with E-state index in [1.54, 1.807) is 18.7 Å². The number of nitrogens with one attached hydrogen (secondary N) is 2. The van der Waals surface area contributed by atoms with Crippen molar-refractivity contribution >= 4 is 33.3 Å². The van der Waals surface area contributed by atoms with Crippen LogP contribution in [0.15, 0.2) is 59.6 Å². The maximum absolute atomic E-state index is 4.27. The second-order valence-electron chi connectivity index (χ2n) is 5.08. The Hall–Kier alpha value is -2.47. The molecule has 0 spiro atoms. The van der Waals surface area contributed by atoms with Gasteiger partial charge in [-0.3, -0.25) is 4.98 Å². The Morgan fingerprint density at radius 2 is 1.78 bits per heavy atom. The first kappa shape index (κ1) is 15.4. The molecule has 1 aromatic carbocycles. The summed E-state index contributed by atoms with van der Waals surface area (Å²) in [6, 6.07) is 11.9. The Balaban J connectivity index is 1.69. The number of aryl methyl sites for hydroxylation is 1. The Morgan fingerprint density at radius 3 is 2.57 bits per heavy atom. The van der Waals surface area contributed by atoms with Gasteiger partial charge < -0.3 is 10.6 Å². The van der Waals surface area contributed by atoms with E-state index >= 15 is 0 Å². The van der Waals surface area contributed by atoms with E-state index in [9.17, 15) is 0 Å². The van der Waals surface area contributed by atoms with Crippen molar-refractivity contribution in [3.63, 3.8) is 0 Å². The highest BCUT2D eigenvalue weighted by atomic mass is 79.9. The van der Waals surface area contributed by atoms with Gasteiger partial charge in [-0.2, -0.15) is 0 Å². The standard InChI is InChI=1S/C17H16BrN5/c1-12-8-14(18)2-3-15(12)23-17-9-16(21-11-22-17)20-10-13-4-6-19-7-5-13/h2-9,11H,10H2,1H3,(H2,20,21,22,23). The van der Waals surface area contributed by atoms with Gasteiger partial charge in [0.15, 0.2) is 0 Å². The fourth-order valence-electron chi connectivity index (χ4n) is 2.12. The van der Waals surface area contributed by atoms with Gasteiger partial charge in [0.25, 0.3) is 0 Å². The minimum atomic E-state index is 0.691. The molecule has 0 atom stereocenters. The average molecular weight is 370 g/mol. The first-order valence-electron chi connectivity index (χ1n) is 7.19. The third-order valence-corrected chi connectivity index (χ3v) is 3.83. The molecule has 0 aliphatic rings. The SMILES string of the molecule is Cc1cc(Br)ccc1Nc1cc(NCc2ccncc2)ncn1. The van der Waals surface area contributed by atoms with Crippen molar-refractivity contribution in [2.24, 2.45) is 0 Å². The fourth-order valence-corrected chi connectivity index (χ4v) is 2.60. The molecule has 116 valence electrons. The first-order chi connectivity index (χ1) is 11.2. The summed E-state index contributed by atoms with van der Waals surface area (Å²) in [6.45, 7) is 2.74. The number of benzene rings is 1. The van der Waals surface area contributed by atoms with Crippen molar-refractivity contribution < 1.29 is 0 Å². The molecule has 0 bridgehead atoms. The number of hydrogen-bond acceptors (Lipinski definition) is 5. The van der Waals surface area contributed by atoms with Gasteiger partial charge >= 0.3 is 0 Å². The Labute approximate surface area is 143 Å². The van der Waals surface area contributed by atoms with Crippen molar-refractivity contribution in [2.75, 3.05) is 10.6 Å². The molecule has 6 heteroatoms. The number of anilines is 3. The lowest BCUT2D eigenvalue weighted by atomic mass is 10.2. The molecule has 0 aliphatic heterocycles. The minimum absolute atomic E-state index is 0.691. The van der Waals surface area contributed by atoms with Gasteiger partial charge in [-0.1, -0.05) is 15.9 Å². The summed E-state index contributed by atoms with van der Waals surface area (Å²) in [5.74, 6) is 1.52. The lowest BCUT2D eigenvalue weighted by molar-refractivity contribution is 1.07. The molecule has 0 amide bonds. The van der Waals surface area contributed by atoms with E-state index in [0.717, 1.165) is 32.9 Å². The number of halogens is 1. The molecule has 5 nitrogen and oxygen atoms in total. The topological polar surface area (TPSA) is 62.7 Å². The third kappa shape index (κ3) is 4.26. The van der Waals surface area contributed by atoms with Crippen LogP contribution in [0.5, 0.6) is 0 Å². The Bertz CT molecular complexity index is 792. The van der Waals surface area contributed by atoms with Crippen molar-refractivity contribution in [1.82, 2.24) is 15.0 Å². The van der Waals surface area contributed by atoms with Crippen molar-refractivity contribution in [3.05, 3.63) is 70.7 Å². The third-order valence-electron chi connectivity index (χ3n) is 3.34. The molecule has 0 saturated carbocycles. The van der Waals surface area contributed by atoms with Gasteiger partial charge in [-0.15, -0.1) is 0 Å². The van der Waals surface area contributed by atoms with E-state index < -0.39 is 0 Å². The van der Waals surface area contributed by atoms with E-state index in [1.165, 1.54) is 0 Å². The zero-order chi connectivity index (χ0) is 16.1. The molecule has 3 aromatic rings. The predicted octanol–water partition coefficient (Wildman–Crippen LogP) is 4.30. The summed E-state index contributed by atoms with van der Waals surface area (Å²) in [5, 5.41) is 6.60. The number of rotatable bonds is 5. The van der Waals surface area contributed by atoms with Gasteiger partial charge in [-0.05, 0) is 48.4 Å². The van der Waals surface area contributed by atoms with Crippen LogP contribution in [0.3, 0.4) is 0 Å². The molecular weight excluding hydrogens is 354 g/mol. The predicted molar refractivity (Wildman–Crippen MR) is 95.8 cm³/mol. The first-order valence-corrected chi connectivity index (χ1v) is 7.98. The zero-order valence-electron chi connectivity index (χ0n) is 12.6. The van der Waals surface area contributed by atoms with Crippen LogP contribution < -0.4 is 10.6 Å². The molecule has 3 rings (SSSR count). The molecule has 2 N–H and O–H groups in total. The van der Waals surface area contributed by atoms with E-state index in [1.807, 2.05) is 30.3 Å². The highest BCUT2D eigenvalue weighted by molar-refractivity contribution is 9.10. The summed E-state index contributed by atoms with van der Waals surface area (Å²) < 4.78 is 1.06. The molecule has 0 radical (unpaired) electrons. The molecule has 0 saturated heterocycles. The van der Waals surface area contributed by atoms with Gasteiger partial charge in [0, 0.05) is 35.2 Å². The number of nitrogens with zero attached hydrogens (tertiary/aromatic N) is 3. The summed E-state index contributed by atoms with van der Waals surface area (Å²) in [5.41, 5.74) is 3.31.